The second-order valence-electron chi connectivity index (χ2n) is 13.2. The Hall–Kier alpha value is -4.71. The molecule has 0 spiro atoms. The molecular weight excluding hydrogens is 616 g/mol. The number of piperidine rings is 1. The number of halogens is 2. The van der Waals surface area contributed by atoms with Crippen molar-refractivity contribution in [3.63, 3.8) is 0 Å². The fourth-order valence-corrected chi connectivity index (χ4v) is 6.48. The number of nitrogens with zero attached hydrogens (tertiary/aromatic N) is 5. The largest absolute Gasteiger partial charge is 0.454 e. The first-order valence-electron chi connectivity index (χ1n) is 16.6. The van der Waals surface area contributed by atoms with Gasteiger partial charge in [0.05, 0.1) is 28.7 Å². The van der Waals surface area contributed by atoms with E-state index in [4.69, 9.17) is 9.84 Å². The fraction of sp³-hybridized carbons (Fsp3) is 0.417. The summed E-state index contributed by atoms with van der Waals surface area (Å²) in [5.74, 6) is -1.10. The summed E-state index contributed by atoms with van der Waals surface area (Å²) in [6, 6.07) is 5.74. The highest BCUT2D eigenvalue weighted by molar-refractivity contribution is 6.08. The van der Waals surface area contributed by atoms with Crippen LogP contribution in [-0.2, 0) is 9.59 Å². The van der Waals surface area contributed by atoms with Crippen molar-refractivity contribution in [2.75, 3.05) is 13.1 Å². The van der Waals surface area contributed by atoms with Crippen molar-refractivity contribution in [2.24, 2.45) is 5.41 Å². The smallest absolute Gasteiger partial charge is 0.240 e. The van der Waals surface area contributed by atoms with E-state index in [1.54, 1.807) is 30.6 Å². The van der Waals surface area contributed by atoms with E-state index < -0.39 is 35.3 Å². The zero-order valence-corrected chi connectivity index (χ0v) is 27.0. The number of carbonyl (C=O) groups excluding carboxylic acids is 2. The summed E-state index contributed by atoms with van der Waals surface area (Å²) in [5, 5.41) is 11.0. The third kappa shape index (κ3) is 6.53. The van der Waals surface area contributed by atoms with Crippen LogP contribution in [-0.4, -0.2) is 67.8 Å². The Morgan fingerprint density at radius 3 is 2.58 bits per heavy atom. The van der Waals surface area contributed by atoms with Crippen molar-refractivity contribution in [1.29, 1.82) is 0 Å². The lowest BCUT2D eigenvalue weighted by atomic mass is 10.0. The zero-order chi connectivity index (χ0) is 33.4. The summed E-state index contributed by atoms with van der Waals surface area (Å²) < 4.78 is 36.7. The third-order valence-electron chi connectivity index (χ3n) is 9.66. The molecular formula is C36H39F2N7O3. The van der Waals surface area contributed by atoms with Crippen LogP contribution in [0, 0.1) is 5.41 Å². The first kappa shape index (κ1) is 31.9. The second-order valence-corrected chi connectivity index (χ2v) is 13.2. The van der Waals surface area contributed by atoms with Crippen LogP contribution in [0.5, 0.6) is 5.75 Å². The number of amides is 2. The number of hydrogen-bond acceptors (Lipinski definition) is 7. The van der Waals surface area contributed by atoms with Gasteiger partial charge in [0, 0.05) is 49.8 Å². The van der Waals surface area contributed by atoms with Gasteiger partial charge in [0.2, 0.25) is 11.8 Å². The maximum atomic E-state index is 15.3. The number of nitrogens with one attached hydrogen (secondary N) is 2. The molecule has 3 aromatic heterocycles. The van der Waals surface area contributed by atoms with Gasteiger partial charge in [0.1, 0.15) is 23.0 Å². The van der Waals surface area contributed by atoms with Gasteiger partial charge < -0.3 is 20.3 Å². The number of pyridine rings is 2. The van der Waals surface area contributed by atoms with Crippen LogP contribution in [0.2, 0.25) is 0 Å². The van der Waals surface area contributed by atoms with E-state index in [1.165, 1.54) is 18.2 Å². The van der Waals surface area contributed by atoms with Crippen molar-refractivity contribution >= 4 is 22.7 Å². The normalized spacial score (nSPS) is 22.6. The second kappa shape index (κ2) is 13.1. The van der Waals surface area contributed by atoms with Gasteiger partial charge in [0.15, 0.2) is 11.6 Å². The van der Waals surface area contributed by atoms with E-state index in [2.05, 4.69) is 39.3 Å². The van der Waals surface area contributed by atoms with E-state index in [0.717, 1.165) is 31.6 Å². The molecule has 3 aliphatic carbocycles. The van der Waals surface area contributed by atoms with Gasteiger partial charge >= 0.3 is 0 Å². The van der Waals surface area contributed by atoms with E-state index in [-0.39, 0.29) is 18.6 Å². The molecule has 2 atom stereocenters. The van der Waals surface area contributed by atoms with Crippen LogP contribution in [0.4, 0.5) is 8.78 Å². The molecule has 48 heavy (non-hydrogen) atoms. The molecule has 2 unspecified atom stereocenters. The number of hydrogen-bond donors (Lipinski definition) is 2. The Kier molecular flexibility index (Phi) is 8.67. The van der Waals surface area contributed by atoms with Gasteiger partial charge in [0.25, 0.3) is 0 Å². The van der Waals surface area contributed by atoms with Gasteiger partial charge in [-0.25, -0.2) is 8.78 Å². The predicted molar refractivity (Wildman–Crippen MR) is 177 cm³/mol. The first-order valence-corrected chi connectivity index (χ1v) is 16.6. The fourth-order valence-electron chi connectivity index (χ4n) is 6.48. The highest BCUT2D eigenvalue weighted by Crippen LogP contribution is 2.46. The maximum absolute atomic E-state index is 15.3. The molecule has 0 bridgehead atoms. The maximum Gasteiger partial charge on any atom is 0.240 e. The first-order chi connectivity index (χ1) is 23.2. The summed E-state index contributed by atoms with van der Waals surface area (Å²) in [7, 11) is 0. The molecule has 1 saturated carbocycles. The zero-order valence-electron chi connectivity index (χ0n) is 27.0. The molecule has 2 fully saturated rings. The van der Waals surface area contributed by atoms with Crippen LogP contribution >= 0.6 is 0 Å². The Morgan fingerprint density at radius 1 is 1.06 bits per heavy atom. The monoisotopic (exact) mass is 655 g/mol. The minimum atomic E-state index is -1.21. The molecule has 1 aliphatic heterocycles. The van der Waals surface area contributed by atoms with Gasteiger partial charge in [-0.15, -0.1) is 0 Å². The van der Waals surface area contributed by atoms with Gasteiger partial charge in [-0.05, 0) is 88.5 Å². The van der Waals surface area contributed by atoms with Gasteiger partial charge in [-0.2, -0.15) is 5.10 Å². The predicted octanol–water partition coefficient (Wildman–Crippen LogP) is 5.62. The molecule has 4 aliphatic rings. The molecule has 10 nitrogen and oxygen atoms in total. The van der Waals surface area contributed by atoms with Crippen molar-refractivity contribution < 1.29 is 23.1 Å². The minimum Gasteiger partial charge on any atom is -0.454 e. The number of rotatable bonds is 9. The van der Waals surface area contributed by atoms with Crippen LogP contribution < -0.4 is 15.4 Å². The van der Waals surface area contributed by atoms with Crippen LogP contribution in [0.15, 0.2) is 84.5 Å². The quantitative estimate of drug-likeness (QED) is 0.288. The lowest BCUT2D eigenvalue weighted by molar-refractivity contribution is -0.137. The molecule has 250 valence electrons. The number of aromatic nitrogens is 4. The average molecular weight is 656 g/mol. The van der Waals surface area contributed by atoms with Gasteiger partial charge in [-0.3, -0.25) is 24.2 Å². The number of carbonyl (C=O) groups is 2. The number of ether oxygens (including phenoxy) is 1. The Bertz CT molecular complexity index is 1850. The number of alkyl halides is 1. The molecule has 0 radical (unpaired) electrons. The Balaban J connectivity index is 0.978. The molecule has 4 heterocycles. The molecule has 3 aromatic rings. The molecule has 2 amide bonds. The summed E-state index contributed by atoms with van der Waals surface area (Å²) in [5.41, 5.74) is 1.35. The Labute approximate surface area is 277 Å². The van der Waals surface area contributed by atoms with E-state index >= 15 is 4.39 Å². The summed E-state index contributed by atoms with van der Waals surface area (Å²) in [6.45, 7) is 6.57. The number of fused-ring (bicyclic) bond motifs is 1. The molecule has 12 heteroatoms. The minimum absolute atomic E-state index is 0.0281. The van der Waals surface area contributed by atoms with E-state index in [0.29, 0.717) is 53.0 Å². The highest BCUT2D eigenvalue weighted by Gasteiger charge is 2.57. The van der Waals surface area contributed by atoms with Crippen molar-refractivity contribution in [3.05, 3.63) is 84.5 Å². The molecule has 0 aromatic carbocycles. The molecule has 7 rings (SSSR count). The SMILES string of the molecule is CC(C)N1CCC(n2ccc(-c3cc4nccc(OC5=CCC(NC(=O)C6(C(=O)NC7=CCC(F)C=C7)CC6)C=C5F)c4cn3)n2)CC1. The molecule has 1 saturated heterocycles. The van der Waals surface area contributed by atoms with Crippen LogP contribution in [0.25, 0.3) is 22.3 Å². The highest BCUT2D eigenvalue weighted by atomic mass is 19.1. The number of likely N-dealkylation sites (tertiary alicyclic amines) is 1. The molecule has 2 N–H and O–H groups in total. The number of allylic oxidation sites excluding steroid dienone is 4. The summed E-state index contributed by atoms with van der Waals surface area (Å²) in [6.07, 6.45) is 14.9. The third-order valence-corrected chi connectivity index (χ3v) is 9.66. The van der Waals surface area contributed by atoms with Crippen LogP contribution in [0.1, 0.15) is 58.4 Å². The van der Waals surface area contributed by atoms with Gasteiger partial charge in [-0.1, -0.05) is 6.08 Å². The standard InChI is InChI=1S/C36H39F2N7O3/c1-22(2)44-16-10-26(11-17-44)45-18-12-29(43-45)31-20-30-27(21-40-31)32(9-15-39-30)48-33-8-7-25(19-28(33)38)42-35(47)36(13-14-36)34(46)41-24-5-3-23(37)4-6-24/h3,5-6,8-9,12,15,18-23,25-26H,4,7,10-11,13-14,16-17H2,1-2H3,(H,41,46)(H,42,47). The summed E-state index contributed by atoms with van der Waals surface area (Å²) in [4.78, 5) is 37.6. The summed E-state index contributed by atoms with van der Waals surface area (Å²) >= 11 is 0. The van der Waals surface area contributed by atoms with Crippen LogP contribution in [0.3, 0.4) is 0 Å². The van der Waals surface area contributed by atoms with Crippen molar-refractivity contribution in [3.8, 4) is 17.1 Å². The topological polar surface area (TPSA) is 114 Å². The van der Waals surface area contributed by atoms with Crippen molar-refractivity contribution in [1.82, 2.24) is 35.3 Å². The Morgan fingerprint density at radius 2 is 1.88 bits per heavy atom. The average Bonchev–Trinajstić information content (AvgIpc) is 3.77. The van der Waals surface area contributed by atoms with E-state index in [1.807, 2.05) is 23.0 Å². The van der Waals surface area contributed by atoms with E-state index in [9.17, 15) is 14.0 Å². The van der Waals surface area contributed by atoms with Crippen molar-refractivity contribution in [2.45, 2.75) is 76.7 Å². The lowest BCUT2D eigenvalue weighted by Crippen LogP contribution is -2.46. The lowest BCUT2D eigenvalue weighted by Gasteiger charge is -2.34.